The lowest BCUT2D eigenvalue weighted by atomic mass is 10.0. The highest BCUT2D eigenvalue weighted by molar-refractivity contribution is 5.01. The first-order valence-corrected chi connectivity index (χ1v) is 7.23. The van der Waals surface area contributed by atoms with E-state index in [2.05, 4.69) is 21.8 Å². The summed E-state index contributed by atoms with van der Waals surface area (Å²) in [7, 11) is 0. The van der Waals surface area contributed by atoms with Crippen molar-refractivity contribution in [3.8, 4) is 0 Å². The average Bonchev–Trinajstić information content (AvgIpc) is 2.88. The Morgan fingerprint density at radius 2 is 2.17 bits per heavy atom. The van der Waals surface area contributed by atoms with Crippen LogP contribution >= 0.6 is 0 Å². The van der Waals surface area contributed by atoms with Crippen LogP contribution < -0.4 is 11.1 Å². The molecule has 1 aliphatic rings. The summed E-state index contributed by atoms with van der Waals surface area (Å²) in [5, 5.41) is 12.0. The summed E-state index contributed by atoms with van der Waals surface area (Å²) < 4.78 is 1.98. The van der Waals surface area contributed by atoms with Gasteiger partial charge in [0, 0.05) is 6.54 Å². The fourth-order valence-corrected chi connectivity index (χ4v) is 2.46. The van der Waals surface area contributed by atoms with Crippen molar-refractivity contribution >= 4 is 0 Å². The number of unbranched alkanes of at least 4 members (excludes halogenated alkanes) is 3. The van der Waals surface area contributed by atoms with Gasteiger partial charge < -0.3 is 11.1 Å². The number of piperidine rings is 1. The summed E-state index contributed by atoms with van der Waals surface area (Å²) in [6, 6.07) is 0.421. The van der Waals surface area contributed by atoms with E-state index in [1.807, 2.05) is 4.68 Å². The molecule has 2 rings (SSSR count). The first-order valence-electron chi connectivity index (χ1n) is 7.23. The second-order valence-electron chi connectivity index (χ2n) is 5.11. The Balaban J connectivity index is 1.72. The smallest absolute Gasteiger partial charge is 0.0996 e. The quantitative estimate of drug-likeness (QED) is 0.722. The van der Waals surface area contributed by atoms with E-state index in [9.17, 15) is 0 Å². The number of aromatic nitrogens is 3. The van der Waals surface area contributed by atoms with E-state index in [0.717, 1.165) is 31.7 Å². The Kier molecular flexibility index (Phi) is 5.61. The highest BCUT2D eigenvalue weighted by atomic mass is 15.4. The average molecular weight is 251 g/mol. The lowest BCUT2D eigenvalue weighted by molar-refractivity contribution is 0.405. The molecule has 0 amide bonds. The highest BCUT2D eigenvalue weighted by Crippen LogP contribution is 2.20. The largest absolute Gasteiger partial charge is 0.330 e. The fraction of sp³-hybridized carbons (Fsp3) is 0.846. The van der Waals surface area contributed by atoms with E-state index < -0.39 is 0 Å². The number of nitrogens with one attached hydrogen (secondary N) is 1. The minimum atomic E-state index is 0.421. The number of nitrogens with two attached hydrogens (primary N) is 1. The Morgan fingerprint density at radius 1 is 1.28 bits per heavy atom. The van der Waals surface area contributed by atoms with Crippen molar-refractivity contribution < 1.29 is 0 Å². The van der Waals surface area contributed by atoms with Gasteiger partial charge in [0.05, 0.1) is 17.9 Å². The molecule has 1 fully saturated rings. The van der Waals surface area contributed by atoms with Crippen LogP contribution in [0.15, 0.2) is 6.20 Å². The lowest BCUT2D eigenvalue weighted by Gasteiger charge is -2.20. The molecular weight excluding hydrogens is 226 g/mol. The van der Waals surface area contributed by atoms with Crippen LogP contribution in [0.5, 0.6) is 0 Å². The van der Waals surface area contributed by atoms with Crippen molar-refractivity contribution in [3.05, 3.63) is 11.9 Å². The second-order valence-corrected chi connectivity index (χ2v) is 5.11. The van der Waals surface area contributed by atoms with Crippen molar-refractivity contribution in [2.75, 3.05) is 13.1 Å². The molecule has 0 spiro atoms. The van der Waals surface area contributed by atoms with Crippen molar-refractivity contribution in [2.24, 2.45) is 5.73 Å². The Hall–Kier alpha value is -0.940. The molecule has 0 saturated carbocycles. The molecule has 5 nitrogen and oxygen atoms in total. The van der Waals surface area contributed by atoms with Gasteiger partial charge in [-0.05, 0) is 38.8 Å². The molecule has 3 N–H and O–H groups in total. The predicted molar refractivity (Wildman–Crippen MR) is 72.1 cm³/mol. The summed E-state index contributed by atoms with van der Waals surface area (Å²) in [6.45, 7) is 2.89. The third-order valence-corrected chi connectivity index (χ3v) is 3.57. The van der Waals surface area contributed by atoms with Crippen LogP contribution in [-0.2, 0) is 6.54 Å². The normalized spacial score (nSPS) is 20.2. The zero-order chi connectivity index (χ0) is 12.6. The van der Waals surface area contributed by atoms with Gasteiger partial charge in [0.2, 0.25) is 0 Å². The highest BCUT2D eigenvalue weighted by Gasteiger charge is 2.17. The van der Waals surface area contributed by atoms with Crippen molar-refractivity contribution in [3.63, 3.8) is 0 Å². The monoisotopic (exact) mass is 251 g/mol. The first kappa shape index (κ1) is 13.5. The molecule has 1 aromatic heterocycles. The van der Waals surface area contributed by atoms with Crippen LogP contribution in [0.4, 0.5) is 0 Å². The number of hydrogen-bond acceptors (Lipinski definition) is 4. The molecule has 0 radical (unpaired) electrons. The van der Waals surface area contributed by atoms with Gasteiger partial charge in [0.15, 0.2) is 0 Å². The Morgan fingerprint density at radius 3 is 2.94 bits per heavy atom. The number of aryl methyl sites for hydroxylation is 1. The molecule has 0 aliphatic carbocycles. The van der Waals surface area contributed by atoms with Gasteiger partial charge in [-0.15, -0.1) is 5.10 Å². The molecule has 0 aromatic carbocycles. The van der Waals surface area contributed by atoms with Crippen LogP contribution in [-0.4, -0.2) is 28.1 Å². The maximum Gasteiger partial charge on any atom is 0.0996 e. The van der Waals surface area contributed by atoms with E-state index in [1.54, 1.807) is 0 Å². The third-order valence-electron chi connectivity index (χ3n) is 3.57. The minimum absolute atomic E-state index is 0.421. The van der Waals surface area contributed by atoms with E-state index in [-0.39, 0.29) is 0 Å². The number of nitrogens with zero attached hydrogens (tertiary/aromatic N) is 3. The van der Waals surface area contributed by atoms with Gasteiger partial charge in [-0.3, -0.25) is 4.68 Å². The van der Waals surface area contributed by atoms with Crippen molar-refractivity contribution in [2.45, 2.75) is 57.5 Å². The topological polar surface area (TPSA) is 68.8 Å². The zero-order valence-electron chi connectivity index (χ0n) is 11.1. The van der Waals surface area contributed by atoms with Crippen molar-refractivity contribution in [1.29, 1.82) is 0 Å². The van der Waals surface area contributed by atoms with E-state index in [4.69, 9.17) is 5.73 Å². The molecule has 1 saturated heterocycles. The molecule has 1 aliphatic heterocycles. The van der Waals surface area contributed by atoms with E-state index in [1.165, 1.54) is 38.5 Å². The molecule has 1 atom stereocenters. The summed E-state index contributed by atoms with van der Waals surface area (Å²) in [5.74, 6) is 0. The standard InChI is InChI=1S/C13H25N5/c14-8-4-1-2-6-10-18-11-13(16-17-18)12-7-3-5-9-15-12/h11-12,15H,1-10,14H2. The summed E-state index contributed by atoms with van der Waals surface area (Å²) >= 11 is 0. The van der Waals surface area contributed by atoms with Gasteiger partial charge in [0.25, 0.3) is 0 Å². The molecule has 5 heteroatoms. The molecule has 0 bridgehead atoms. The van der Waals surface area contributed by atoms with Gasteiger partial charge in [-0.25, -0.2) is 0 Å². The van der Waals surface area contributed by atoms with Crippen LogP contribution in [0.3, 0.4) is 0 Å². The maximum atomic E-state index is 5.47. The van der Waals surface area contributed by atoms with Crippen LogP contribution in [0.1, 0.15) is 56.7 Å². The van der Waals surface area contributed by atoms with Gasteiger partial charge in [-0.1, -0.05) is 24.5 Å². The van der Waals surface area contributed by atoms with Gasteiger partial charge in [-0.2, -0.15) is 0 Å². The second kappa shape index (κ2) is 7.48. The molecule has 2 heterocycles. The number of rotatable bonds is 7. The van der Waals surface area contributed by atoms with Gasteiger partial charge in [0.1, 0.15) is 0 Å². The summed E-state index contributed by atoms with van der Waals surface area (Å²) in [6.07, 6.45) is 10.6. The van der Waals surface area contributed by atoms with Crippen LogP contribution in [0, 0.1) is 0 Å². The zero-order valence-corrected chi connectivity index (χ0v) is 11.1. The molecule has 1 aromatic rings. The summed E-state index contributed by atoms with van der Waals surface area (Å²) in [5.41, 5.74) is 6.58. The number of hydrogen-bond donors (Lipinski definition) is 2. The van der Waals surface area contributed by atoms with Gasteiger partial charge >= 0.3 is 0 Å². The molecule has 18 heavy (non-hydrogen) atoms. The molecule has 1 unspecified atom stereocenters. The fourth-order valence-electron chi connectivity index (χ4n) is 2.46. The lowest BCUT2D eigenvalue weighted by Crippen LogP contribution is -2.27. The first-order chi connectivity index (χ1) is 8.90. The summed E-state index contributed by atoms with van der Waals surface area (Å²) in [4.78, 5) is 0. The Bertz CT molecular complexity index is 330. The third kappa shape index (κ3) is 4.07. The minimum Gasteiger partial charge on any atom is -0.330 e. The molecule has 102 valence electrons. The predicted octanol–water partition coefficient (Wildman–Crippen LogP) is 1.61. The maximum absolute atomic E-state index is 5.47. The Labute approximate surface area is 109 Å². The van der Waals surface area contributed by atoms with E-state index >= 15 is 0 Å². The molecular formula is C13H25N5. The van der Waals surface area contributed by atoms with Crippen molar-refractivity contribution in [1.82, 2.24) is 20.3 Å². The van der Waals surface area contributed by atoms with Crippen LogP contribution in [0.25, 0.3) is 0 Å². The van der Waals surface area contributed by atoms with Crippen LogP contribution in [0.2, 0.25) is 0 Å². The SMILES string of the molecule is NCCCCCCn1cc(C2CCCCN2)nn1. The van der Waals surface area contributed by atoms with E-state index in [0.29, 0.717) is 6.04 Å².